The molecule has 2 heterocycles. The fraction of sp³-hybridized carbons (Fsp3) is 0.0667. The van der Waals surface area contributed by atoms with E-state index in [9.17, 15) is 4.39 Å². The number of rotatable bonds is 1. The highest BCUT2D eigenvalue weighted by atomic mass is 35.5. The topological polar surface area (TPSA) is 25.8 Å². The number of hydrogen-bond acceptors (Lipinski definition) is 2. The second-order valence-electron chi connectivity index (χ2n) is 4.37. The van der Waals surface area contributed by atoms with Gasteiger partial charge in [0.25, 0.3) is 0 Å². The van der Waals surface area contributed by atoms with Crippen molar-refractivity contribution in [1.82, 2.24) is 9.97 Å². The maximum absolute atomic E-state index is 13.9. The van der Waals surface area contributed by atoms with Crippen LogP contribution in [0.15, 0.2) is 36.5 Å². The first-order valence-electron chi connectivity index (χ1n) is 5.95. The van der Waals surface area contributed by atoms with Crippen LogP contribution in [0.3, 0.4) is 0 Å². The highest BCUT2D eigenvalue weighted by Crippen LogP contribution is 2.36. The van der Waals surface area contributed by atoms with E-state index in [0.717, 1.165) is 0 Å². The lowest BCUT2D eigenvalue weighted by molar-refractivity contribution is 0.639. The molecule has 5 heteroatoms. The first-order chi connectivity index (χ1) is 9.59. The minimum atomic E-state index is -0.433. The summed E-state index contributed by atoms with van der Waals surface area (Å²) in [5.41, 5.74) is 2.31. The Kier molecular flexibility index (Phi) is 3.32. The molecule has 0 radical (unpaired) electrons. The van der Waals surface area contributed by atoms with E-state index in [0.29, 0.717) is 32.5 Å². The van der Waals surface area contributed by atoms with E-state index in [1.807, 2.05) is 18.2 Å². The molecule has 0 aliphatic heterocycles. The molecule has 3 rings (SSSR count). The molecule has 0 fully saturated rings. The molecule has 0 amide bonds. The van der Waals surface area contributed by atoms with Crippen molar-refractivity contribution in [2.75, 3.05) is 0 Å². The molecule has 1 aromatic carbocycles. The molecule has 0 saturated carbocycles. The van der Waals surface area contributed by atoms with Crippen LogP contribution in [-0.2, 0) is 0 Å². The average Bonchev–Trinajstić information content (AvgIpc) is 2.47. The van der Waals surface area contributed by atoms with Gasteiger partial charge in [-0.25, -0.2) is 9.37 Å². The number of halogens is 3. The summed E-state index contributed by atoms with van der Waals surface area (Å²) in [6.07, 6.45) is 1.67. The van der Waals surface area contributed by atoms with E-state index < -0.39 is 5.82 Å². The van der Waals surface area contributed by atoms with Gasteiger partial charge in [0.15, 0.2) is 0 Å². The van der Waals surface area contributed by atoms with Crippen LogP contribution in [0.5, 0.6) is 0 Å². The lowest BCUT2D eigenvalue weighted by Crippen LogP contribution is -1.96. The molecule has 0 bridgehead atoms. The predicted molar refractivity (Wildman–Crippen MR) is 79.7 cm³/mol. The molecule has 0 unspecified atom stereocenters. The monoisotopic (exact) mass is 306 g/mol. The van der Waals surface area contributed by atoms with Crippen LogP contribution in [0.1, 0.15) is 5.56 Å². The minimum Gasteiger partial charge on any atom is -0.255 e. The van der Waals surface area contributed by atoms with E-state index in [1.165, 1.54) is 12.1 Å². The van der Waals surface area contributed by atoms with Gasteiger partial charge in [-0.05, 0) is 36.8 Å². The van der Waals surface area contributed by atoms with Crippen LogP contribution < -0.4 is 0 Å². The van der Waals surface area contributed by atoms with Crippen molar-refractivity contribution in [3.05, 3.63) is 58.0 Å². The molecule has 0 aliphatic rings. The van der Waals surface area contributed by atoms with Crippen LogP contribution in [0.2, 0.25) is 10.0 Å². The summed E-state index contributed by atoms with van der Waals surface area (Å²) in [5, 5.41) is 0.924. The maximum Gasteiger partial charge on any atom is 0.134 e. The van der Waals surface area contributed by atoms with Crippen molar-refractivity contribution in [3.8, 4) is 11.4 Å². The van der Waals surface area contributed by atoms with Gasteiger partial charge in [-0.2, -0.15) is 0 Å². The lowest BCUT2D eigenvalue weighted by Gasteiger charge is -2.11. The van der Waals surface area contributed by atoms with Gasteiger partial charge in [0.05, 0.1) is 32.3 Å². The van der Waals surface area contributed by atoms with Gasteiger partial charge in [0, 0.05) is 6.20 Å². The van der Waals surface area contributed by atoms with Crippen LogP contribution >= 0.6 is 23.2 Å². The van der Waals surface area contributed by atoms with Gasteiger partial charge < -0.3 is 0 Å². The van der Waals surface area contributed by atoms with Crippen molar-refractivity contribution in [1.29, 1.82) is 0 Å². The number of benzene rings is 1. The summed E-state index contributed by atoms with van der Waals surface area (Å²) in [4.78, 5) is 8.70. The van der Waals surface area contributed by atoms with Crippen LogP contribution in [0.4, 0.5) is 4.39 Å². The molecule has 2 aromatic heterocycles. The molecule has 0 saturated heterocycles. The van der Waals surface area contributed by atoms with Gasteiger partial charge in [-0.3, -0.25) is 4.98 Å². The summed E-state index contributed by atoms with van der Waals surface area (Å²) in [6.45, 7) is 1.79. The van der Waals surface area contributed by atoms with Crippen molar-refractivity contribution >= 4 is 34.1 Å². The Morgan fingerprint density at radius 3 is 2.60 bits per heavy atom. The first kappa shape index (κ1) is 13.3. The minimum absolute atomic E-state index is 0.247. The van der Waals surface area contributed by atoms with Gasteiger partial charge >= 0.3 is 0 Å². The summed E-state index contributed by atoms with van der Waals surface area (Å²) in [6, 6.07) is 8.26. The highest BCUT2D eigenvalue weighted by Gasteiger charge is 2.17. The van der Waals surface area contributed by atoms with E-state index >= 15 is 0 Å². The molecule has 2 nitrogen and oxygen atoms in total. The number of nitrogens with zero attached hydrogens (tertiary/aromatic N) is 2. The third kappa shape index (κ3) is 2.03. The number of aromatic nitrogens is 2. The Balaban J connectivity index is 2.42. The molecule has 0 atom stereocenters. The lowest BCUT2D eigenvalue weighted by atomic mass is 10.1. The third-order valence-electron chi connectivity index (χ3n) is 3.11. The number of fused-ring (bicyclic) bond motifs is 1. The maximum atomic E-state index is 13.9. The van der Waals surface area contributed by atoms with Crippen molar-refractivity contribution in [2.45, 2.75) is 6.92 Å². The molecule has 20 heavy (non-hydrogen) atoms. The fourth-order valence-corrected chi connectivity index (χ4v) is 2.57. The van der Waals surface area contributed by atoms with Gasteiger partial charge in [0.1, 0.15) is 5.82 Å². The zero-order valence-corrected chi connectivity index (χ0v) is 12.0. The third-order valence-corrected chi connectivity index (χ3v) is 3.89. The zero-order valence-electron chi connectivity index (χ0n) is 10.5. The van der Waals surface area contributed by atoms with Gasteiger partial charge in [-0.1, -0.05) is 29.3 Å². The fourth-order valence-electron chi connectivity index (χ4n) is 2.10. The Hall–Kier alpha value is -1.71. The molecule has 0 N–H and O–H groups in total. The Morgan fingerprint density at radius 1 is 1.10 bits per heavy atom. The van der Waals surface area contributed by atoms with E-state index in [4.69, 9.17) is 23.2 Å². The first-order valence-corrected chi connectivity index (χ1v) is 6.70. The molecule has 3 aromatic rings. The molecule has 0 spiro atoms. The second-order valence-corrected chi connectivity index (χ2v) is 5.15. The van der Waals surface area contributed by atoms with Crippen LogP contribution in [0, 0.1) is 12.7 Å². The summed E-state index contributed by atoms with van der Waals surface area (Å²) in [5.74, 6) is -0.433. The standard InChI is InChI=1S/C15H9Cl2FN2/c1-8-13(17)12-10(18)6-5-9(16)15(12)20-14(8)11-4-2-3-7-19-11/h2-7H,1H3. The van der Waals surface area contributed by atoms with E-state index in [1.54, 1.807) is 13.1 Å². The Bertz CT molecular complexity index is 804. The summed E-state index contributed by atoms with van der Waals surface area (Å²) >= 11 is 12.4. The number of pyridine rings is 2. The van der Waals surface area contributed by atoms with Gasteiger partial charge in [-0.15, -0.1) is 0 Å². The number of hydrogen-bond donors (Lipinski definition) is 0. The second kappa shape index (κ2) is 5.00. The van der Waals surface area contributed by atoms with E-state index in [-0.39, 0.29) is 5.39 Å². The van der Waals surface area contributed by atoms with Crippen LogP contribution in [0.25, 0.3) is 22.3 Å². The Labute approximate surface area is 125 Å². The summed E-state index contributed by atoms with van der Waals surface area (Å²) in [7, 11) is 0. The van der Waals surface area contributed by atoms with Crippen molar-refractivity contribution in [2.24, 2.45) is 0 Å². The Morgan fingerprint density at radius 2 is 1.90 bits per heavy atom. The molecule has 100 valence electrons. The molecular formula is C15H9Cl2FN2. The van der Waals surface area contributed by atoms with Crippen molar-refractivity contribution < 1.29 is 4.39 Å². The SMILES string of the molecule is Cc1c(-c2ccccn2)nc2c(Cl)ccc(F)c2c1Cl. The van der Waals surface area contributed by atoms with Gasteiger partial charge in [0.2, 0.25) is 0 Å². The van der Waals surface area contributed by atoms with E-state index in [2.05, 4.69) is 9.97 Å². The molecular weight excluding hydrogens is 298 g/mol. The summed E-state index contributed by atoms with van der Waals surface area (Å²) < 4.78 is 13.9. The smallest absolute Gasteiger partial charge is 0.134 e. The predicted octanol–water partition coefficient (Wildman–Crippen LogP) is 5.05. The highest BCUT2D eigenvalue weighted by molar-refractivity contribution is 6.40. The van der Waals surface area contributed by atoms with Crippen molar-refractivity contribution in [3.63, 3.8) is 0 Å². The quantitative estimate of drug-likeness (QED) is 0.628. The zero-order chi connectivity index (χ0) is 14.3. The average molecular weight is 307 g/mol. The van der Waals surface area contributed by atoms with Crippen LogP contribution in [-0.4, -0.2) is 9.97 Å². The molecule has 0 aliphatic carbocycles. The normalized spacial score (nSPS) is 11.0. The largest absolute Gasteiger partial charge is 0.255 e.